The molecule has 0 atom stereocenters. The first-order valence-electron chi connectivity index (χ1n) is 4.52. The normalized spacial score (nSPS) is 10.6. The molecule has 1 aromatic rings. The molecule has 0 aliphatic carbocycles. The van der Waals surface area contributed by atoms with E-state index in [2.05, 4.69) is 10.3 Å². The largest absolute Gasteiger partial charge is 0.444 e. The van der Waals surface area contributed by atoms with Crippen LogP contribution in [0.15, 0.2) is 10.6 Å². The van der Waals surface area contributed by atoms with E-state index in [0.717, 1.165) is 24.7 Å². The highest BCUT2D eigenvalue weighted by Crippen LogP contribution is 2.03. The Bertz CT molecular complexity index is 235. The van der Waals surface area contributed by atoms with E-state index in [0.29, 0.717) is 13.2 Å². The predicted molar refractivity (Wildman–Crippen MR) is 49.5 cm³/mol. The van der Waals surface area contributed by atoms with Crippen LogP contribution in [0.4, 0.5) is 0 Å². The molecule has 1 aromatic heterocycles. The molecule has 4 nitrogen and oxygen atoms in total. The van der Waals surface area contributed by atoms with Crippen molar-refractivity contribution in [1.82, 2.24) is 10.3 Å². The minimum atomic E-state index is 0.675. The molecule has 0 spiro atoms. The Morgan fingerprint density at radius 1 is 1.62 bits per heavy atom. The second-order valence-electron chi connectivity index (χ2n) is 2.70. The summed E-state index contributed by atoms with van der Waals surface area (Å²) in [6.45, 7) is 4.10. The van der Waals surface area contributed by atoms with Gasteiger partial charge in [0.1, 0.15) is 5.76 Å². The van der Waals surface area contributed by atoms with Gasteiger partial charge in [-0.15, -0.1) is 0 Å². The van der Waals surface area contributed by atoms with Crippen molar-refractivity contribution < 1.29 is 9.15 Å². The molecular formula is C9H16N2O2. The van der Waals surface area contributed by atoms with Crippen LogP contribution < -0.4 is 5.32 Å². The molecule has 0 fully saturated rings. The lowest BCUT2D eigenvalue weighted by atomic mass is 10.4. The Kier molecular flexibility index (Phi) is 4.49. The van der Waals surface area contributed by atoms with Gasteiger partial charge in [0, 0.05) is 13.0 Å². The molecule has 1 N–H and O–H groups in total. The zero-order valence-corrected chi connectivity index (χ0v) is 8.17. The average molecular weight is 184 g/mol. The maximum Gasteiger partial charge on any atom is 0.208 e. The van der Waals surface area contributed by atoms with E-state index in [1.54, 1.807) is 6.20 Å². The van der Waals surface area contributed by atoms with E-state index in [1.165, 1.54) is 0 Å². The molecule has 0 saturated heterocycles. The first-order valence-corrected chi connectivity index (χ1v) is 4.52. The fourth-order valence-corrected chi connectivity index (χ4v) is 1.01. The molecule has 13 heavy (non-hydrogen) atoms. The van der Waals surface area contributed by atoms with Crippen LogP contribution in [0.2, 0.25) is 0 Å². The van der Waals surface area contributed by atoms with Gasteiger partial charge in [0.2, 0.25) is 5.89 Å². The third kappa shape index (κ3) is 3.57. The molecular weight excluding hydrogens is 168 g/mol. The molecule has 1 rings (SSSR count). The van der Waals surface area contributed by atoms with Crippen LogP contribution in [0.1, 0.15) is 18.6 Å². The van der Waals surface area contributed by atoms with Crippen LogP contribution in [0.5, 0.6) is 0 Å². The fraction of sp³-hybridized carbons (Fsp3) is 0.667. The monoisotopic (exact) mass is 184 g/mol. The molecule has 0 radical (unpaired) electrons. The molecule has 0 bridgehead atoms. The average Bonchev–Trinajstić information content (AvgIpc) is 2.54. The van der Waals surface area contributed by atoms with Crippen molar-refractivity contribution in [2.45, 2.75) is 19.9 Å². The molecule has 0 aromatic carbocycles. The topological polar surface area (TPSA) is 47.3 Å². The maximum absolute atomic E-state index is 5.42. The summed E-state index contributed by atoms with van der Waals surface area (Å²) in [6.07, 6.45) is 2.55. The quantitative estimate of drug-likeness (QED) is 0.669. The molecule has 1 heterocycles. The summed E-state index contributed by atoms with van der Waals surface area (Å²) < 4.78 is 10.6. The van der Waals surface area contributed by atoms with Gasteiger partial charge in [0.15, 0.2) is 0 Å². The van der Waals surface area contributed by atoms with Gasteiger partial charge in [-0.1, -0.05) is 0 Å². The van der Waals surface area contributed by atoms with Crippen LogP contribution in [0.25, 0.3) is 0 Å². The van der Waals surface area contributed by atoms with Crippen molar-refractivity contribution in [2.24, 2.45) is 0 Å². The van der Waals surface area contributed by atoms with Gasteiger partial charge in [-0.05, 0) is 14.0 Å². The lowest BCUT2D eigenvalue weighted by Crippen LogP contribution is -2.04. The highest BCUT2D eigenvalue weighted by Gasteiger charge is 2.01. The Morgan fingerprint density at radius 2 is 2.46 bits per heavy atom. The van der Waals surface area contributed by atoms with Crippen molar-refractivity contribution in [1.29, 1.82) is 0 Å². The number of hydrogen-bond acceptors (Lipinski definition) is 4. The van der Waals surface area contributed by atoms with Gasteiger partial charge in [-0.2, -0.15) is 0 Å². The lowest BCUT2D eigenvalue weighted by molar-refractivity contribution is 0.146. The summed E-state index contributed by atoms with van der Waals surface area (Å²) in [5.41, 5.74) is 0. The van der Waals surface area contributed by atoms with E-state index >= 15 is 0 Å². The summed E-state index contributed by atoms with van der Waals surface area (Å²) in [5, 5.41) is 2.98. The van der Waals surface area contributed by atoms with Gasteiger partial charge < -0.3 is 14.5 Å². The second-order valence-corrected chi connectivity index (χ2v) is 2.70. The number of ether oxygens (including phenoxy) is 1. The Morgan fingerprint density at radius 3 is 3.15 bits per heavy atom. The van der Waals surface area contributed by atoms with Crippen molar-refractivity contribution in [3.8, 4) is 0 Å². The molecule has 0 aliphatic heterocycles. The smallest absolute Gasteiger partial charge is 0.208 e. The SMILES string of the molecule is CCOCCc1cnc(CNC)o1. The molecule has 74 valence electrons. The van der Waals surface area contributed by atoms with Crippen LogP contribution >= 0.6 is 0 Å². The zero-order chi connectivity index (χ0) is 9.52. The van der Waals surface area contributed by atoms with Crippen LogP contribution in [-0.2, 0) is 17.7 Å². The molecule has 0 aliphatic rings. The van der Waals surface area contributed by atoms with Gasteiger partial charge in [0.25, 0.3) is 0 Å². The fourth-order valence-electron chi connectivity index (χ4n) is 1.01. The standard InChI is InChI=1S/C9H16N2O2/c1-3-12-5-4-8-6-11-9(13-8)7-10-2/h6,10H,3-5,7H2,1-2H3. The van der Waals surface area contributed by atoms with E-state index in [1.807, 2.05) is 14.0 Å². The number of nitrogens with zero attached hydrogens (tertiary/aromatic N) is 1. The van der Waals surface area contributed by atoms with Crippen molar-refractivity contribution in [2.75, 3.05) is 20.3 Å². The number of rotatable bonds is 6. The first kappa shape index (κ1) is 10.2. The Balaban J connectivity index is 2.31. The summed E-state index contributed by atoms with van der Waals surface area (Å²) >= 11 is 0. The summed E-state index contributed by atoms with van der Waals surface area (Å²) in [4.78, 5) is 4.10. The number of nitrogens with one attached hydrogen (secondary N) is 1. The predicted octanol–water partition coefficient (Wildman–Crippen LogP) is 0.973. The highest BCUT2D eigenvalue weighted by molar-refractivity contribution is 4.94. The Hall–Kier alpha value is -0.870. The lowest BCUT2D eigenvalue weighted by Gasteiger charge is -1.96. The minimum absolute atomic E-state index is 0.675. The van der Waals surface area contributed by atoms with Gasteiger partial charge in [-0.25, -0.2) is 4.98 Å². The van der Waals surface area contributed by atoms with Crippen LogP contribution in [-0.4, -0.2) is 25.2 Å². The minimum Gasteiger partial charge on any atom is -0.444 e. The third-order valence-corrected chi connectivity index (χ3v) is 1.63. The van der Waals surface area contributed by atoms with E-state index in [9.17, 15) is 0 Å². The molecule has 0 unspecified atom stereocenters. The molecule has 0 amide bonds. The molecule has 4 heteroatoms. The van der Waals surface area contributed by atoms with Crippen LogP contribution in [0.3, 0.4) is 0 Å². The maximum atomic E-state index is 5.42. The summed E-state index contributed by atoms with van der Waals surface area (Å²) in [5.74, 6) is 1.62. The number of hydrogen-bond donors (Lipinski definition) is 1. The van der Waals surface area contributed by atoms with Crippen molar-refractivity contribution >= 4 is 0 Å². The van der Waals surface area contributed by atoms with E-state index < -0.39 is 0 Å². The summed E-state index contributed by atoms with van der Waals surface area (Å²) in [7, 11) is 1.87. The second kappa shape index (κ2) is 5.72. The zero-order valence-electron chi connectivity index (χ0n) is 8.17. The van der Waals surface area contributed by atoms with E-state index in [4.69, 9.17) is 9.15 Å². The number of oxazole rings is 1. The number of aromatic nitrogens is 1. The summed E-state index contributed by atoms with van der Waals surface area (Å²) in [6, 6.07) is 0. The van der Waals surface area contributed by atoms with E-state index in [-0.39, 0.29) is 0 Å². The first-order chi connectivity index (χ1) is 6.36. The molecule has 0 saturated carbocycles. The van der Waals surface area contributed by atoms with Gasteiger partial charge >= 0.3 is 0 Å². The van der Waals surface area contributed by atoms with Crippen LogP contribution in [0, 0.1) is 0 Å². The third-order valence-electron chi connectivity index (χ3n) is 1.63. The van der Waals surface area contributed by atoms with Gasteiger partial charge in [0.05, 0.1) is 19.3 Å². The highest BCUT2D eigenvalue weighted by atomic mass is 16.5. The van der Waals surface area contributed by atoms with Gasteiger partial charge in [-0.3, -0.25) is 0 Å². The van der Waals surface area contributed by atoms with Crippen molar-refractivity contribution in [3.63, 3.8) is 0 Å². The van der Waals surface area contributed by atoms with Crippen molar-refractivity contribution in [3.05, 3.63) is 17.8 Å². The Labute approximate surface area is 78.3 Å².